The van der Waals surface area contributed by atoms with E-state index in [1.165, 1.54) is 19.3 Å². The number of rotatable bonds is 3. The topological polar surface area (TPSA) is 89.6 Å². The van der Waals surface area contributed by atoms with Crippen LogP contribution in [0.25, 0.3) is 11.3 Å². The lowest BCUT2D eigenvalue weighted by atomic mass is 9.86. The van der Waals surface area contributed by atoms with Gasteiger partial charge < -0.3 is 25.0 Å². The third kappa shape index (κ3) is 2.46. The molecule has 0 aromatic carbocycles. The van der Waals surface area contributed by atoms with Gasteiger partial charge in [0.25, 0.3) is 0 Å². The molecule has 0 unspecified atom stereocenters. The summed E-state index contributed by atoms with van der Waals surface area (Å²) in [6.45, 7) is 3.42. The van der Waals surface area contributed by atoms with Gasteiger partial charge in [0.15, 0.2) is 11.6 Å². The Bertz CT molecular complexity index is 1010. The second kappa shape index (κ2) is 6.20. The zero-order valence-corrected chi connectivity index (χ0v) is 17.0. The SMILES string of the molecule is Nc1ncc(-c2cc(N3C[C@@H]4CC[C@H]3CO4)nc(N3CC4CC3C4)n2)c2c1OCC2. The first-order valence-electron chi connectivity index (χ1n) is 11.2. The van der Waals surface area contributed by atoms with Gasteiger partial charge in [0.05, 0.1) is 31.1 Å². The first-order valence-corrected chi connectivity index (χ1v) is 11.2. The summed E-state index contributed by atoms with van der Waals surface area (Å²) in [5.74, 6) is 3.87. The largest absolute Gasteiger partial charge is 0.489 e. The van der Waals surface area contributed by atoms with Gasteiger partial charge in [0.1, 0.15) is 5.82 Å². The van der Waals surface area contributed by atoms with E-state index in [1.807, 2.05) is 6.20 Å². The van der Waals surface area contributed by atoms with Crippen molar-refractivity contribution in [3.05, 3.63) is 17.8 Å². The number of hydrogen-bond acceptors (Lipinski definition) is 8. The number of ether oxygens (including phenoxy) is 2. The molecular weight excluding hydrogens is 380 g/mol. The molecule has 8 heteroatoms. The minimum atomic E-state index is 0.312. The summed E-state index contributed by atoms with van der Waals surface area (Å²) in [5.41, 5.74) is 9.13. The highest BCUT2D eigenvalue weighted by molar-refractivity contribution is 5.74. The molecule has 8 heterocycles. The van der Waals surface area contributed by atoms with E-state index in [0.717, 1.165) is 72.8 Å². The van der Waals surface area contributed by atoms with Gasteiger partial charge in [-0.15, -0.1) is 0 Å². The molecule has 1 aliphatic carbocycles. The molecule has 7 aliphatic rings. The van der Waals surface area contributed by atoms with Gasteiger partial charge in [-0.3, -0.25) is 0 Å². The van der Waals surface area contributed by atoms with E-state index in [-0.39, 0.29) is 0 Å². The lowest BCUT2D eigenvalue weighted by Gasteiger charge is -2.45. The Balaban J connectivity index is 1.36. The van der Waals surface area contributed by atoms with E-state index >= 15 is 0 Å². The second-order valence-electron chi connectivity index (χ2n) is 9.36. The summed E-state index contributed by atoms with van der Waals surface area (Å²) < 4.78 is 11.7. The maximum absolute atomic E-state index is 6.06. The van der Waals surface area contributed by atoms with Crippen molar-refractivity contribution in [3.63, 3.8) is 0 Å². The number of aromatic nitrogens is 3. The van der Waals surface area contributed by atoms with E-state index in [2.05, 4.69) is 20.9 Å². The first kappa shape index (κ1) is 17.1. The predicted molar refractivity (Wildman–Crippen MR) is 113 cm³/mol. The zero-order valence-electron chi connectivity index (χ0n) is 17.0. The van der Waals surface area contributed by atoms with Gasteiger partial charge >= 0.3 is 0 Å². The molecule has 9 rings (SSSR count). The van der Waals surface area contributed by atoms with Crippen LogP contribution in [-0.2, 0) is 11.2 Å². The Morgan fingerprint density at radius 1 is 1.07 bits per heavy atom. The van der Waals surface area contributed by atoms with E-state index in [1.54, 1.807) is 0 Å². The first-order chi connectivity index (χ1) is 14.7. The van der Waals surface area contributed by atoms with Crippen molar-refractivity contribution in [3.8, 4) is 17.0 Å². The predicted octanol–water partition coefficient (Wildman–Crippen LogP) is 2.02. The normalized spacial score (nSPS) is 30.9. The fourth-order valence-corrected chi connectivity index (χ4v) is 5.88. The Kier molecular flexibility index (Phi) is 3.53. The molecule has 2 atom stereocenters. The third-order valence-corrected chi connectivity index (χ3v) is 7.58. The Labute approximate surface area is 175 Å². The van der Waals surface area contributed by atoms with Gasteiger partial charge in [-0.1, -0.05) is 0 Å². The number of pyridine rings is 1. The van der Waals surface area contributed by atoms with Crippen molar-refractivity contribution < 1.29 is 9.47 Å². The number of anilines is 3. The molecule has 156 valence electrons. The Morgan fingerprint density at radius 3 is 2.73 bits per heavy atom. The maximum Gasteiger partial charge on any atom is 0.228 e. The number of fused-ring (bicyclic) bond motifs is 5. The van der Waals surface area contributed by atoms with Crippen molar-refractivity contribution in [1.82, 2.24) is 15.0 Å². The molecule has 0 amide bonds. The highest BCUT2D eigenvalue weighted by Gasteiger charge is 2.44. The van der Waals surface area contributed by atoms with Crippen molar-refractivity contribution in [2.45, 2.75) is 50.3 Å². The second-order valence-corrected chi connectivity index (χ2v) is 9.36. The molecule has 2 aromatic heterocycles. The molecule has 0 radical (unpaired) electrons. The quantitative estimate of drug-likeness (QED) is 0.828. The van der Waals surface area contributed by atoms with Crippen LogP contribution in [0.4, 0.5) is 17.6 Å². The zero-order chi connectivity index (χ0) is 19.8. The van der Waals surface area contributed by atoms with Crippen LogP contribution in [0.15, 0.2) is 12.3 Å². The maximum atomic E-state index is 6.06. The van der Waals surface area contributed by atoms with Crippen molar-refractivity contribution >= 4 is 17.6 Å². The number of morpholine rings is 1. The van der Waals surface area contributed by atoms with Gasteiger partial charge in [0, 0.05) is 48.9 Å². The summed E-state index contributed by atoms with van der Waals surface area (Å²) in [7, 11) is 0. The lowest BCUT2D eigenvalue weighted by Crippen LogP contribution is -2.55. The lowest BCUT2D eigenvalue weighted by molar-refractivity contribution is -0.0228. The Morgan fingerprint density at radius 2 is 2.00 bits per heavy atom. The molecule has 2 N–H and O–H groups in total. The van der Waals surface area contributed by atoms with Crippen LogP contribution < -0.4 is 20.3 Å². The third-order valence-electron chi connectivity index (χ3n) is 7.58. The Hall–Kier alpha value is -2.61. The summed E-state index contributed by atoms with van der Waals surface area (Å²) in [5, 5.41) is 0. The molecule has 4 bridgehead atoms. The summed E-state index contributed by atoms with van der Waals surface area (Å²) >= 11 is 0. The van der Waals surface area contributed by atoms with Crippen LogP contribution in [-0.4, -0.2) is 59.4 Å². The van der Waals surface area contributed by atoms with Gasteiger partial charge in [-0.25, -0.2) is 9.97 Å². The smallest absolute Gasteiger partial charge is 0.228 e. The summed E-state index contributed by atoms with van der Waals surface area (Å²) in [4.78, 5) is 19.4. The average molecular weight is 406 g/mol. The molecule has 5 saturated heterocycles. The number of nitrogens with two attached hydrogens (primary N) is 1. The summed E-state index contributed by atoms with van der Waals surface area (Å²) in [6.07, 6.45) is 7.87. The van der Waals surface area contributed by atoms with E-state index in [4.69, 9.17) is 25.2 Å². The van der Waals surface area contributed by atoms with Crippen molar-refractivity contribution in [1.29, 1.82) is 0 Å². The fourth-order valence-electron chi connectivity index (χ4n) is 5.88. The molecule has 30 heavy (non-hydrogen) atoms. The van der Waals surface area contributed by atoms with E-state index in [9.17, 15) is 0 Å². The number of nitrogens with zero attached hydrogens (tertiary/aromatic N) is 5. The van der Waals surface area contributed by atoms with Gasteiger partial charge in [-0.2, -0.15) is 4.98 Å². The molecule has 6 aliphatic heterocycles. The summed E-state index contributed by atoms with van der Waals surface area (Å²) in [6, 6.07) is 3.13. The highest BCUT2D eigenvalue weighted by atomic mass is 16.5. The average Bonchev–Trinajstić information content (AvgIpc) is 3.50. The molecule has 1 saturated carbocycles. The van der Waals surface area contributed by atoms with Crippen LogP contribution in [0.3, 0.4) is 0 Å². The number of piperidine rings is 1. The van der Waals surface area contributed by atoms with E-state index in [0.29, 0.717) is 30.6 Å². The van der Waals surface area contributed by atoms with Crippen LogP contribution in [0.2, 0.25) is 0 Å². The van der Waals surface area contributed by atoms with E-state index < -0.39 is 0 Å². The monoisotopic (exact) mass is 406 g/mol. The van der Waals surface area contributed by atoms with Crippen molar-refractivity contribution in [2.75, 3.05) is 41.8 Å². The van der Waals surface area contributed by atoms with Crippen molar-refractivity contribution in [2.24, 2.45) is 5.92 Å². The van der Waals surface area contributed by atoms with Crippen LogP contribution >= 0.6 is 0 Å². The fraction of sp³-hybridized carbons (Fsp3) is 0.591. The standard InChI is InChI=1S/C22H26N6O2/c23-21-20-16(3-4-29-20)17(8-24-21)18-7-19(27-10-15-2-1-13(27)11-30-15)26-22(25-18)28-9-12-5-14(28)6-12/h7-8,12-15H,1-6,9-11H2,(H2,23,24)/t12?,13-,14?,15-/m0/s1. The number of hydrogen-bond donors (Lipinski definition) is 1. The number of nitrogen functional groups attached to an aromatic ring is 1. The van der Waals surface area contributed by atoms with Crippen LogP contribution in [0, 0.1) is 5.92 Å². The molecule has 8 nitrogen and oxygen atoms in total. The minimum absolute atomic E-state index is 0.312. The highest BCUT2D eigenvalue weighted by Crippen LogP contribution is 2.44. The molecule has 2 aromatic rings. The van der Waals surface area contributed by atoms with Crippen LogP contribution in [0.5, 0.6) is 5.75 Å². The van der Waals surface area contributed by atoms with Crippen LogP contribution in [0.1, 0.15) is 31.2 Å². The van der Waals surface area contributed by atoms with Gasteiger partial charge in [-0.05, 0) is 31.6 Å². The molecule has 0 spiro atoms. The minimum Gasteiger partial charge on any atom is -0.489 e. The molecule has 6 fully saturated rings. The molecular formula is C22H26N6O2. The van der Waals surface area contributed by atoms with Gasteiger partial charge in [0.2, 0.25) is 5.95 Å².